The second-order valence-corrected chi connectivity index (χ2v) is 5.55. The Morgan fingerprint density at radius 1 is 1.00 bits per heavy atom. The van der Waals surface area contributed by atoms with Gasteiger partial charge in [-0.25, -0.2) is 5.53 Å². The first kappa shape index (κ1) is 12.8. The zero-order valence-corrected chi connectivity index (χ0v) is 11.6. The predicted octanol–water partition coefficient (Wildman–Crippen LogP) is 5.43. The molecule has 0 fully saturated rings. The highest BCUT2D eigenvalue weighted by molar-refractivity contribution is 7.99. The van der Waals surface area contributed by atoms with Gasteiger partial charge in [-0.15, -0.1) is 0 Å². The largest absolute Gasteiger partial charge is 0.204 e. The van der Waals surface area contributed by atoms with Gasteiger partial charge >= 0.3 is 0 Å². The molecular weight excluding hydrogens is 240 g/mol. The molecule has 2 aromatic carbocycles. The van der Waals surface area contributed by atoms with Crippen molar-refractivity contribution >= 4 is 17.4 Å². The maximum absolute atomic E-state index is 7.12. The van der Waals surface area contributed by atoms with E-state index < -0.39 is 0 Å². The minimum absolute atomic E-state index is 0.751. The van der Waals surface area contributed by atoms with Gasteiger partial charge in [0.15, 0.2) is 0 Å². The van der Waals surface area contributed by atoms with E-state index in [2.05, 4.69) is 49.3 Å². The molecule has 3 heteroatoms. The van der Waals surface area contributed by atoms with Crippen LogP contribution in [0, 0.1) is 26.3 Å². The van der Waals surface area contributed by atoms with Crippen LogP contribution in [0.5, 0.6) is 0 Å². The highest BCUT2D eigenvalue weighted by Gasteiger charge is 2.06. The highest BCUT2D eigenvalue weighted by Crippen LogP contribution is 2.34. The number of rotatable bonds is 3. The molecule has 0 heterocycles. The molecule has 0 amide bonds. The summed E-state index contributed by atoms with van der Waals surface area (Å²) in [6, 6.07) is 12.6. The topological polar surface area (TPSA) is 36.2 Å². The molecule has 2 aromatic rings. The third-order valence-electron chi connectivity index (χ3n) is 2.83. The standard InChI is InChI=1S/C15H16N2S/c1-10-5-4-6-13(7-10)18-15-9-11(2)14(17-16)8-12(15)3/h4-9,16H,1-3H3. The molecule has 0 atom stereocenters. The van der Waals surface area contributed by atoms with Crippen molar-refractivity contribution in [3.63, 3.8) is 0 Å². The summed E-state index contributed by atoms with van der Waals surface area (Å²) in [6.07, 6.45) is 0. The Morgan fingerprint density at radius 2 is 1.78 bits per heavy atom. The molecule has 0 aromatic heterocycles. The Kier molecular flexibility index (Phi) is 3.82. The van der Waals surface area contributed by atoms with E-state index in [1.165, 1.54) is 15.4 Å². The quantitative estimate of drug-likeness (QED) is 0.731. The molecule has 0 aliphatic carbocycles. The zero-order chi connectivity index (χ0) is 13.1. The Balaban J connectivity index is 2.35. The maximum atomic E-state index is 7.12. The van der Waals surface area contributed by atoms with Crippen molar-refractivity contribution in [2.24, 2.45) is 5.11 Å². The normalized spacial score (nSPS) is 10.4. The Labute approximate surface area is 112 Å². The molecule has 0 unspecified atom stereocenters. The summed E-state index contributed by atoms with van der Waals surface area (Å²) >= 11 is 1.76. The third kappa shape index (κ3) is 2.79. The Morgan fingerprint density at radius 3 is 2.44 bits per heavy atom. The van der Waals surface area contributed by atoms with Crippen LogP contribution in [0.1, 0.15) is 16.7 Å². The van der Waals surface area contributed by atoms with Gasteiger partial charge in [-0.2, -0.15) is 5.11 Å². The van der Waals surface area contributed by atoms with Crippen molar-refractivity contribution in [3.8, 4) is 0 Å². The molecule has 2 nitrogen and oxygen atoms in total. The minimum atomic E-state index is 0.751. The Bertz CT molecular complexity index is 591. The molecule has 0 aliphatic heterocycles. The van der Waals surface area contributed by atoms with Crippen molar-refractivity contribution in [3.05, 3.63) is 53.1 Å². The number of aryl methyl sites for hydroxylation is 3. The van der Waals surface area contributed by atoms with E-state index in [9.17, 15) is 0 Å². The van der Waals surface area contributed by atoms with Gasteiger partial charge < -0.3 is 0 Å². The summed E-state index contributed by atoms with van der Waals surface area (Å²) in [7, 11) is 0. The fourth-order valence-corrected chi connectivity index (χ4v) is 2.91. The van der Waals surface area contributed by atoms with Gasteiger partial charge in [-0.3, -0.25) is 0 Å². The second-order valence-electron chi connectivity index (χ2n) is 4.43. The third-order valence-corrected chi connectivity index (χ3v) is 3.98. The maximum Gasteiger partial charge on any atom is 0.0882 e. The molecule has 2 rings (SSSR count). The molecule has 0 saturated heterocycles. The van der Waals surface area contributed by atoms with Crippen molar-refractivity contribution < 1.29 is 0 Å². The number of nitrogens with zero attached hydrogens (tertiary/aromatic N) is 1. The average molecular weight is 256 g/mol. The average Bonchev–Trinajstić information content (AvgIpc) is 2.33. The van der Waals surface area contributed by atoms with Gasteiger partial charge in [0.1, 0.15) is 0 Å². The van der Waals surface area contributed by atoms with E-state index in [-0.39, 0.29) is 0 Å². The van der Waals surface area contributed by atoms with E-state index in [4.69, 9.17) is 5.53 Å². The number of nitrogens with one attached hydrogen (secondary N) is 1. The summed E-state index contributed by atoms with van der Waals surface area (Å²) < 4.78 is 0. The number of benzene rings is 2. The lowest BCUT2D eigenvalue weighted by Crippen LogP contribution is -1.84. The molecule has 0 radical (unpaired) electrons. The molecule has 18 heavy (non-hydrogen) atoms. The first-order valence-electron chi connectivity index (χ1n) is 5.83. The Hall–Kier alpha value is -1.61. The van der Waals surface area contributed by atoms with Crippen LogP contribution in [0.3, 0.4) is 0 Å². The summed E-state index contributed by atoms with van der Waals surface area (Å²) in [6.45, 7) is 6.16. The van der Waals surface area contributed by atoms with Crippen molar-refractivity contribution in [2.45, 2.75) is 30.6 Å². The molecule has 1 N–H and O–H groups in total. The van der Waals surface area contributed by atoms with Gasteiger partial charge in [0.05, 0.1) is 5.69 Å². The number of hydrogen-bond donors (Lipinski definition) is 1. The van der Waals surface area contributed by atoms with Crippen LogP contribution in [0.15, 0.2) is 51.3 Å². The van der Waals surface area contributed by atoms with Crippen molar-refractivity contribution in [1.82, 2.24) is 0 Å². The zero-order valence-electron chi connectivity index (χ0n) is 10.8. The summed E-state index contributed by atoms with van der Waals surface area (Å²) in [5.74, 6) is 0. The van der Waals surface area contributed by atoms with E-state index in [1.807, 2.05) is 13.0 Å². The summed E-state index contributed by atoms with van der Waals surface area (Å²) in [4.78, 5) is 2.47. The van der Waals surface area contributed by atoms with E-state index in [0.717, 1.165) is 16.8 Å². The van der Waals surface area contributed by atoms with Crippen molar-refractivity contribution in [2.75, 3.05) is 0 Å². The molecule has 92 valence electrons. The van der Waals surface area contributed by atoms with Gasteiger partial charge in [0.25, 0.3) is 0 Å². The molecular formula is C15H16N2S. The minimum Gasteiger partial charge on any atom is -0.204 e. The van der Waals surface area contributed by atoms with Crippen LogP contribution in [-0.4, -0.2) is 0 Å². The summed E-state index contributed by atoms with van der Waals surface area (Å²) in [5, 5.41) is 3.53. The van der Waals surface area contributed by atoms with Gasteiger partial charge in [-0.1, -0.05) is 29.5 Å². The monoisotopic (exact) mass is 256 g/mol. The lowest BCUT2D eigenvalue weighted by molar-refractivity contribution is 1.11. The lowest BCUT2D eigenvalue weighted by Gasteiger charge is -2.09. The van der Waals surface area contributed by atoms with E-state index in [1.54, 1.807) is 11.8 Å². The van der Waals surface area contributed by atoms with Crippen LogP contribution in [0.2, 0.25) is 0 Å². The number of hydrogen-bond acceptors (Lipinski definition) is 3. The second kappa shape index (κ2) is 5.36. The smallest absolute Gasteiger partial charge is 0.0882 e. The van der Waals surface area contributed by atoms with Gasteiger partial charge in [0.2, 0.25) is 0 Å². The summed E-state index contributed by atoms with van der Waals surface area (Å²) in [5.41, 5.74) is 11.4. The molecule has 0 spiro atoms. The van der Waals surface area contributed by atoms with Gasteiger partial charge in [0, 0.05) is 9.79 Å². The molecule has 0 saturated carbocycles. The van der Waals surface area contributed by atoms with Crippen LogP contribution in [0.4, 0.5) is 5.69 Å². The molecule has 0 aliphatic rings. The van der Waals surface area contributed by atoms with E-state index in [0.29, 0.717) is 0 Å². The van der Waals surface area contributed by atoms with E-state index >= 15 is 0 Å². The van der Waals surface area contributed by atoms with Crippen LogP contribution < -0.4 is 0 Å². The van der Waals surface area contributed by atoms with Crippen LogP contribution in [0.25, 0.3) is 0 Å². The first-order valence-corrected chi connectivity index (χ1v) is 6.65. The highest BCUT2D eigenvalue weighted by atomic mass is 32.2. The first-order chi connectivity index (χ1) is 8.60. The fourth-order valence-electron chi connectivity index (χ4n) is 1.81. The SMILES string of the molecule is Cc1cccc(Sc2cc(C)c(N=N)cc2C)c1. The molecule has 0 bridgehead atoms. The van der Waals surface area contributed by atoms with Crippen LogP contribution in [-0.2, 0) is 0 Å². The van der Waals surface area contributed by atoms with Gasteiger partial charge in [-0.05, 0) is 56.2 Å². The van der Waals surface area contributed by atoms with Crippen LogP contribution >= 0.6 is 11.8 Å². The fraction of sp³-hybridized carbons (Fsp3) is 0.200. The van der Waals surface area contributed by atoms with Crippen molar-refractivity contribution in [1.29, 1.82) is 5.53 Å². The predicted molar refractivity (Wildman–Crippen MR) is 76.0 cm³/mol. The lowest BCUT2D eigenvalue weighted by atomic mass is 10.1.